The van der Waals surface area contributed by atoms with Crippen LogP contribution in [0.3, 0.4) is 0 Å². The molecule has 0 radical (unpaired) electrons. The van der Waals surface area contributed by atoms with Crippen LogP contribution < -0.4 is 5.73 Å². The summed E-state index contributed by atoms with van der Waals surface area (Å²) in [6, 6.07) is 0. The second-order valence-corrected chi connectivity index (χ2v) is 4.47. The van der Waals surface area contributed by atoms with Gasteiger partial charge in [-0.05, 0) is 11.5 Å². The lowest BCUT2D eigenvalue weighted by Crippen LogP contribution is -1.87. The molecule has 0 saturated carbocycles. The van der Waals surface area contributed by atoms with Crippen molar-refractivity contribution in [2.75, 3.05) is 17.2 Å². The minimum absolute atomic E-state index is 0.571. The third kappa shape index (κ3) is 3.07. The number of hydrogen-bond acceptors (Lipinski definition) is 5. The van der Waals surface area contributed by atoms with Gasteiger partial charge in [0, 0.05) is 6.42 Å². The fourth-order valence-corrected chi connectivity index (χ4v) is 2.04. The second-order valence-electron chi connectivity index (χ2n) is 1.98. The van der Waals surface area contributed by atoms with Gasteiger partial charge in [-0.1, -0.05) is 18.3 Å². The van der Waals surface area contributed by atoms with Crippen molar-refractivity contribution in [3.63, 3.8) is 0 Å². The van der Waals surface area contributed by atoms with Crippen molar-refractivity contribution < 1.29 is 0 Å². The molecule has 1 aromatic heterocycles. The number of aryl methyl sites for hydroxylation is 1. The lowest BCUT2D eigenvalue weighted by atomic mass is 10.5. The van der Waals surface area contributed by atoms with E-state index in [2.05, 4.69) is 17.1 Å². The van der Waals surface area contributed by atoms with E-state index in [1.54, 1.807) is 0 Å². The highest BCUT2D eigenvalue weighted by Gasteiger charge is 1.99. The normalized spacial score (nSPS) is 10.3. The molecule has 0 aliphatic heterocycles. The lowest BCUT2D eigenvalue weighted by molar-refractivity contribution is 0.993. The summed E-state index contributed by atoms with van der Waals surface area (Å²) in [7, 11) is 0. The van der Waals surface area contributed by atoms with Crippen LogP contribution >= 0.6 is 23.1 Å². The SMILES string of the molecule is CCSCCc1nnc(N)s1. The highest BCUT2D eigenvalue weighted by molar-refractivity contribution is 7.99. The number of hydrogen-bond donors (Lipinski definition) is 1. The lowest BCUT2D eigenvalue weighted by Gasteiger charge is -1.91. The molecule has 1 aromatic rings. The Bertz CT molecular complexity index is 211. The van der Waals surface area contributed by atoms with Crippen molar-refractivity contribution in [1.29, 1.82) is 0 Å². The van der Waals surface area contributed by atoms with Gasteiger partial charge < -0.3 is 5.73 Å². The summed E-state index contributed by atoms with van der Waals surface area (Å²) in [5.74, 6) is 2.28. The Morgan fingerprint density at radius 2 is 2.36 bits per heavy atom. The Kier molecular flexibility index (Phi) is 3.65. The van der Waals surface area contributed by atoms with Crippen LogP contribution in [0.25, 0.3) is 0 Å². The Labute approximate surface area is 74.4 Å². The molecule has 1 heterocycles. The topological polar surface area (TPSA) is 51.8 Å². The van der Waals surface area contributed by atoms with Gasteiger partial charge in [0.2, 0.25) is 5.13 Å². The Hall–Kier alpha value is -0.290. The van der Waals surface area contributed by atoms with E-state index in [0.29, 0.717) is 5.13 Å². The summed E-state index contributed by atoms with van der Waals surface area (Å²) in [6.07, 6.45) is 0.993. The molecule has 0 amide bonds. The number of nitrogens with two attached hydrogens (primary N) is 1. The molecule has 0 spiro atoms. The first-order valence-corrected chi connectivity index (χ1v) is 5.45. The molecule has 0 aliphatic carbocycles. The van der Waals surface area contributed by atoms with Crippen LogP contribution in [-0.4, -0.2) is 21.7 Å². The first kappa shape index (κ1) is 8.80. The molecule has 0 bridgehead atoms. The number of thioether (sulfide) groups is 1. The van der Waals surface area contributed by atoms with E-state index >= 15 is 0 Å². The predicted octanol–water partition coefficient (Wildman–Crippen LogP) is 1.42. The molecule has 5 heteroatoms. The van der Waals surface area contributed by atoms with Crippen molar-refractivity contribution >= 4 is 28.2 Å². The maximum absolute atomic E-state index is 5.42. The molecule has 0 atom stereocenters. The van der Waals surface area contributed by atoms with Crippen molar-refractivity contribution in [2.45, 2.75) is 13.3 Å². The van der Waals surface area contributed by atoms with Crippen molar-refractivity contribution in [3.05, 3.63) is 5.01 Å². The van der Waals surface area contributed by atoms with Crippen molar-refractivity contribution in [1.82, 2.24) is 10.2 Å². The zero-order valence-corrected chi connectivity index (χ0v) is 8.04. The Morgan fingerprint density at radius 3 is 2.91 bits per heavy atom. The number of aromatic nitrogens is 2. The van der Waals surface area contributed by atoms with Gasteiger partial charge in [0.05, 0.1) is 0 Å². The molecular formula is C6H11N3S2. The van der Waals surface area contributed by atoms with E-state index in [-0.39, 0.29) is 0 Å². The molecule has 1 rings (SSSR count). The zero-order chi connectivity index (χ0) is 8.10. The van der Waals surface area contributed by atoms with Gasteiger partial charge in [0.25, 0.3) is 0 Å². The minimum Gasteiger partial charge on any atom is -0.374 e. The number of rotatable bonds is 4. The average Bonchev–Trinajstić information content (AvgIpc) is 2.37. The summed E-state index contributed by atoms with van der Waals surface area (Å²) in [6.45, 7) is 2.15. The van der Waals surface area contributed by atoms with Crippen LogP contribution in [-0.2, 0) is 6.42 Å². The summed E-state index contributed by atoms with van der Waals surface area (Å²) in [5.41, 5.74) is 5.42. The van der Waals surface area contributed by atoms with Crippen LogP contribution in [0.4, 0.5) is 5.13 Å². The standard InChI is InChI=1S/C6H11N3S2/c1-2-10-4-3-5-8-9-6(7)11-5/h2-4H2,1H3,(H2,7,9). The first-order chi connectivity index (χ1) is 5.33. The van der Waals surface area contributed by atoms with E-state index in [1.807, 2.05) is 11.8 Å². The van der Waals surface area contributed by atoms with Gasteiger partial charge in [0.15, 0.2) is 0 Å². The number of nitrogens with zero attached hydrogens (tertiary/aromatic N) is 2. The third-order valence-corrected chi connectivity index (χ3v) is 2.86. The monoisotopic (exact) mass is 189 g/mol. The molecular weight excluding hydrogens is 178 g/mol. The average molecular weight is 189 g/mol. The number of nitrogen functional groups attached to an aromatic ring is 1. The summed E-state index contributed by atoms with van der Waals surface area (Å²) >= 11 is 3.39. The predicted molar refractivity (Wildman–Crippen MR) is 51.0 cm³/mol. The highest BCUT2D eigenvalue weighted by atomic mass is 32.2. The summed E-state index contributed by atoms with van der Waals surface area (Å²) < 4.78 is 0. The van der Waals surface area contributed by atoms with Crippen LogP contribution in [0.2, 0.25) is 0 Å². The summed E-state index contributed by atoms with van der Waals surface area (Å²) in [4.78, 5) is 0. The second kappa shape index (κ2) is 4.56. The van der Waals surface area contributed by atoms with Crippen LogP contribution in [0.5, 0.6) is 0 Å². The van der Waals surface area contributed by atoms with Gasteiger partial charge in [-0.3, -0.25) is 0 Å². The molecule has 0 aromatic carbocycles. The van der Waals surface area contributed by atoms with Gasteiger partial charge in [0.1, 0.15) is 5.01 Å². The van der Waals surface area contributed by atoms with Gasteiger partial charge in [-0.2, -0.15) is 11.8 Å². The van der Waals surface area contributed by atoms with Crippen LogP contribution in [0.15, 0.2) is 0 Å². The highest BCUT2D eigenvalue weighted by Crippen LogP contribution is 2.13. The Morgan fingerprint density at radius 1 is 1.55 bits per heavy atom. The van der Waals surface area contributed by atoms with Gasteiger partial charge >= 0.3 is 0 Å². The van der Waals surface area contributed by atoms with Crippen LogP contribution in [0.1, 0.15) is 11.9 Å². The third-order valence-electron chi connectivity index (χ3n) is 1.15. The first-order valence-electron chi connectivity index (χ1n) is 3.48. The van der Waals surface area contributed by atoms with E-state index in [0.717, 1.165) is 22.9 Å². The van der Waals surface area contributed by atoms with Crippen molar-refractivity contribution in [2.24, 2.45) is 0 Å². The molecule has 0 unspecified atom stereocenters. The fourth-order valence-electron chi connectivity index (χ4n) is 0.671. The quantitative estimate of drug-likeness (QED) is 0.728. The van der Waals surface area contributed by atoms with E-state index < -0.39 is 0 Å². The molecule has 2 N–H and O–H groups in total. The summed E-state index contributed by atoms with van der Waals surface area (Å²) in [5, 5.41) is 9.27. The largest absolute Gasteiger partial charge is 0.374 e. The molecule has 62 valence electrons. The number of anilines is 1. The van der Waals surface area contributed by atoms with Gasteiger partial charge in [-0.15, -0.1) is 10.2 Å². The molecule has 0 aliphatic rings. The van der Waals surface area contributed by atoms with Gasteiger partial charge in [-0.25, -0.2) is 0 Å². The van der Waals surface area contributed by atoms with E-state index in [9.17, 15) is 0 Å². The van der Waals surface area contributed by atoms with Crippen LogP contribution in [0, 0.1) is 0 Å². The smallest absolute Gasteiger partial charge is 0.203 e. The maximum atomic E-state index is 5.42. The molecule has 3 nitrogen and oxygen atoms in total. The van der Waals surface area contributed by atoms with E-state index in [4.69, 9.17) is 5.73 Å². The fraction of sp³-hybridized carbons (Fsp3) is 0.667. The zero-order valence-electron chi connectivity index (χ0n) is 6.41. The Balaban J connectivity index is 2.27. The minimum atomic E-state index is 0.571. The molecule has 0 saturated heterocycles. The van der Waals surface area contributed by atoms with Crippen molar-refractivity contribution in [3.8, 4) is 0 Å². The van der Waals surface area contributed by atoms with E-state index in [1.165, 1.54) is 11.3 Å². The maximum Gasteiger partial charge on any atom is 0.203 e. The molecule has 0 fully saturated rings. The molecule has 11 heavy (non-hydrogen) atoms.